The summed E-state index contributed by atoms with van der Waals surface area (Å²) in [5.41, 5.74) is 0.468. The van der Waals surface area contributed by atoms with Crippen molar-refractivity contribution in [1.29, 1.82) is 0 Å². The van der Waals surface area contributed by atoms with Gasteiger partial charge in [0.2, 0.25) is 0 Å². The number of ether oxygens (including phenoxy) is 4. The molecule has 0 unspecified atom stereocenters. The number of amides is 1. The van der Waals surface area contributed by atoms with Crippen molar-refractivity contribution in [1.82, 2.24) is 0 Å². The molecule has 0 heterocycles. The number of carbonyl (C=O) groups is 2. The zero-order valence-electron chi connectivity index (χ0n) is 15.4. The van der Waals surface area contributed by atoms with E-state index >= 15 is 0 Å². The van der Waals surface area contributed by atoms with Gasteiger partial charge in [-0.05, 0) is 37.3 Å². The highest BCUT2D eigenvalue weighted by atomic mass is 35.5. The molecule has 7 nitrogen and oxygen atoms in total. The number of methoxy groups -OCH3 is 3. The van der Waals surface area contributed by atoms with Gasteiger partial charge in [-0.2, -0.15) is 0 Å². The Hall–Kier alpha value is -2.93. The molecule has 2 aromatic carbocycles. The van der Waals surface area contributed by atoms with E-state index in [-0.39, 0.29) is 17.1 Å². The Morgan fingerprint density at radius 1 is 0.963 bits per heavy atom. The number of benzene rings is 2. The van der Waals surface area contributed by atoms with Gasteiger partial charge in [0, 0.05) is 5.02 Å². The van der Waals surface area contributed by atoms with Gasteiger partial charge in [0.15, 0.2) is 6.10 Å². The molecule has 0 saturated carbocycles. The van der Waals surface area contributed by atoms with Crippen molar-refractivity contribution < 1.29 is 28.5 Å². The van der Waals surface area contributed by atoms with Crippen LogP contribution in [0.3, 0.4) is 0 Å². The molecule has 0 aliphatic rings. The summed E-state index contributed by atoms with van der Waals surface area (Å²) >= 11 is 5.95. The lowest BCUT2D eigenvalue weighted by molar-refractivity contribution is -0.123. The third-order valence-electron chi connectivity index (χ3n) is 3.70. The molecule has 1 amide bonds. The maximum Gasteiger partial charge on any atom is 0.346 e. The van der Waals surface area contributed by atoms with Gasteiger partial charge in [0.25, 0.3) is 5.91 Å². The predicted molar refractivity (Wildman–Crippen MR) is 101 cm³/mol. The van der Waals surface area contributed by atoms with E-state index in [1.807, 2.05) is 0 Å². The summed E-state index contributed by atoms with van der Waals surface area (Å²) < 4.78 is 20.8. The number of hydrogen-bond acceptors (Lipinski definition) is 6. The van der Waals surface area contributed by atoms with Crippen molar-refractivity contribution in [3.05, 3.63) is 47.0 Å². The van der Waals surface area contributed by atoms with E-state index in [0.717, 1.165) is 0 Å². The zero-order valence-corrected chi connectivity index (χ0v) is 16.1. The molecule has 144 valence electrons. The van der Waals surface area contributed by atoms with Crippen LogP contribution in [0.4, 0.5) is 5.69 Å². The van der Waals surface area contributed by atoms with Gasteiger partial charge in [-0.3, -0.25) is 4.79 Å². The fourth-order valence-corrected chi connectivity index (χ4v) is 2.51. The standard InChI is InChI=1S/C19H20ClNO6/c1-11(18(22)21-13-10-12(20)8-9-14(13)24-2)27-19(23)17-15(25-3)6-5-7-16(17)26-4/h5-11H,1-4H3,(H,21,22)/t11-/m1/s1. The molecule has 2 aromatic rings. The molecule has 1 atom stereocenters. The van der Waals surface area contributed by atoms with Crippen molar-refractivity contribution in [2.75, 3.05) is 26.6 Å². The van der Waals surface area contributed by atoms with Crippen LogP contribution in [0.15, 0.2) is 36.4 Å². The van der Waals surface area contributed by atoms with E-state index in [2.05, 4.69) is 5.32 Å². The zero-order chi connectivity index (χ0) is 20.0. The number of hydrogen-bond donors (Lipinski definition) is 1. The van der Waals surface area contributed by atoms with E-state index < -0.39 is 18.0 Å². The van der Waals surface area contributed by atoms with Gasteiger partial charge < -0.3 is 24.3 Å². The highest BCUT2D eigenvalue weighted by Crippen LogP contribution is 2.30. The van der Waals surface area contributed by atoms with Crippen LogP contribution in [-0.2, 0) is 9.53 Å². The minimum absolute atomic E-state index is 0.0995. The van der Waals surface area contributed by atoms with Crippen molar-refractivity contribution in [2.24, 2.45) is 0 Å². The Balaban J connectivity index is 2.16. The molecule has 0 spiro atoms. The lowest BCUT2D eigenvalue weighted by Gasteiger charge is -2.17. The summed E-state index contributed by atoms with van der Waals surface area (Å²) in [5.74, 6) is -0.299. The van der Waals surface area contributed by atoms with Crippen LogP contribution in [0.2, 0.25) is 5.02 Å². The molecule has 0 aliphatic carbocycles. The number of esters is 1. The monoisotopic (exact) mass is 393 g/mol. The van der Waals surface area contributed by atoms with Crippen molar-refractivity contribution in [3.63, 3.8) is 0 Å². The molecular weight excluding hydrogens is 374 g/mol. The van der Waals surface area contributed by atoms with Crippen LogP contribution in [0.1, 0.15) is 17.3 Å². The number of anilines is 1. The predicted octanol–water partition coefficient (Wildman–Crippen LogP) is 3.55. The van der Waals surface area contributed by atoms with Gasteiger partial charge in [0.1, 0.15) is 22.8 Å². The number of nitrogens with one attached hydrogen (secondary N) is 1. The average molecular weight is 394 g/mol. The van der Waals surface area contributed by atoms with Crippen LogP contribution in [0.5, 0.6) is 17.2 Å². The Morgan fingerprint density at radius 3 is 2.11 bits per heavy atom. The maximum atomic E-state index is 12.5. The average Bonchev–Trinajstić information content (AvgIpc) is 2.67. The lowest BCUT2D eigenvalue weighted by Crippen LogP contribution is -2.30. The van der Waals surface area contributed by atoms with Crippen LogP contribution in [-0.4, -0.2) is 39.3 Å². The van der Waals surface area contributed by atoms with Gasteiger partial charge in [0.05, 0.1) is 27.0 Å². The molecule has 1 N–H and O–H groups in total. The highest BCUT2D eigenvalue weighted by Gasteiger charge is 2.25. The van der Waals surface area contributed by atoms with Crippen LogP contribution in [0.25, 0.3) is 0 Å². The van der Waals surface area contributed by atoms with E-state index in [1.54, 1.807) is 30.3 Å². The normalized spacial score (nSPS) is 11.3. The topological polar surface area (TPSA) is 83.1 Å². The third-order valence-corrected chi connectivity index (χ3v) is 3.94. The molecule has 0 aliphatic heterocycles. The van der Waals surface area contributed by atoms with Crippen LogP contribution < -0.4 is 19.5 Å². The van der Waals surface area contributed by atoms with Crippen molar-refractivity contribution in [3.8, 4) is 17.2 Å². The van der Waals surface area contributed by atoms with Gasteiger partial charge in [-0.1, -0.05) is 17.7 Å². The fraction of sp³-hybridized carbons (Fsp3) is 0.263. The van der Waals surface area contributed by atoms with E-state index in [0.29, 0.717) is 16.5 Å². The van der Waals surface area contributed by atoms with Crippen LogP contribution in [0, 0.1) is 0 Å². The maximum absolute atomic E-state index is 12.5. The quantitative estimate of drug-likeness (QED) is 0.724. The number of carbonyl (C=O) groups excluding carboxylic acids is 2. The summed E-state index contributed by atoms with van der Waals surface area (Å²) in [6.45, 7) is 1.45. The number of halogens is 1. The second-order valence-corrected chi connectivity index (χ2v) is 5.86. The first kappa shape index (κ1) is 20.4. The molecule has 8 heteroatoms. The highest BCUT2D eigenvalue weighted by molar-refractivity contribution is 6.31. The molecule has 0 aromatic heterocycles. The third kappa shape index (κ3) is 4.83. The fourth-order valence-electron chi connectivity index (χ4n) is 2.34. The van der Waals surface area contributed by atoms with E-state index in [4.69, 9.17) is 30.5 Å². The first-order valence-electron chi connectivity index (χ1n) is 7.97. The first-order chi connectivity index (χ1) is 12.9. The van der Waals surface area contributed by atoms with Gasteiger partial charge in [-0.25, -0.2) is 4.79 Å². The second-order valence-electron chi connectivity index (χ2n) is 5.42. The summed E-state index contributed by atoms with van der Waals surface area (Å²) in [6, 6.07) is 9.66. The van der Waals surface area contributed by atoms with Gasteiger partial charge in [-0.15, -0.1) is 0 Å². The molecule has 0 saturated heterocycles. The summed E-state index contributed by atoms with van der Waals surface area (Å²) in [6.07, 6.45) is -1.09. The van der Waals surface area contributed by atoms with Gasteiger partial charge >= 0.3 is 5.97 Å². The molecule has 0 fully saturated rings. The van der Waals surface area contributed by atoms with Crippen molar-refractivity contribution >= 4 is 29.2 Å². The molecule has 0 bridgehead atoms. The SMILES string of the molecule is COc1ccc(Cl)cc1NC(=O)[C@@H](C)OC(=O)c1c(OC)cccc1OC. The Kier molecular flexibility index (Phi) is 6.90. The van der Waals surface area contributed by atoms with E-state index in [1.165, 1.54) is 34.3 Å². The Morgan fingerprint density at radius 2 is 1.56 bits per heavy atom. The second kappa shape index (κ2) is 9.14. The molecule has 27 heavy (non-hydrogen) atoms. The lowest BCUT2D eigenvalue weighted by atomic mass is 10.1. The summed E-state index contributed by atoms with van der Waals surface area (Å²) in [4.78, 5) is 25.0. The minimum Gasteiger partial charge on any atom is -0.496 e. The molecular formula is C19H20ClNO6. The van der Waals surface area contributed by atoms with Crippen LogP contribution >= 0.6 is 11.6 Å². The minimum atomic E-state index is -1.09. The largest absolute Gasteiger partial charge is 0.496 e. The Labute approximate surface area is 162 Å². The smallest absolute Gasteiger partial charge is 0.346 e. The first-order valence-corrected chi connectivity index (χ1v) is 8.35. The summed E-state index contributed by atoms with van der Waals surface area (Å²) in [7, 11) is 4.32. The molecule has 2 rings (SSSR count). The molecule has 0 radical (unpaired) electrons. The Bertz CT molecular complexity index is 817. The summed E-state index contributed by atoms with van der Waals surface area (Å²) in [5, 5.41) is 3.05. The number of rotatable bonds is 7. The van der Waals surface area contributed by atoms with Crippen molar-refractivity contribution in [2.45, 2.75) is 13.0 Å². The van der Waals surface area contributed by atoms with E-state index in [9.17, 15) is 9.59 Å².